The summed E-state index contributed by atoms with van der Waals surface area (Å²) in [5, 5.41) is 0. The SMILES string of the molecule is Brc1cc2c(cc1C(Br)c1ccoc1Br)OCCO2. The van der Waals surface area contributed by atoms with Crippen LogP contribution in [0.1, 0.15) is 16.0 Å². The summed E-state index contributed by atoms with van der Waals surface area (Å²) in [7, 11) is 0. The summed E-state index contributed by atoms with van der Waals surface area (Å²) in [4.78, 5) is 0.00539. The summed E-state index contributed by atoms with van der Waals surface area (Å²) in [6.07, 6.45) is 1.65. The fourth-order valence-corrected chi connectivity index (χ4v) is 4.30. The highest BCUT2D eigenvalue weighted by Crippen LogP contribution is 2.44. The molecule has 2 aromatic rings. The smallest absolute Gasteiger partial charge is 0.173 e. The monoisotopic (exact) mass is 450 g/mol. The van der Waals surface area contributed by atoms with Crippen molar-refractivity contribution in [3.8, 4) is 11.5 Å². The molecule has 19 heavy (non-hydrogen) atoms. The Labute approximate surface area is 135 Å². The van der Waals surface area contributed by atoms with Crippen molar-refractivity contribution in [3.05, 3.63) is 44.7 Å². The molecule has 0 spiro atoms. The van der Waals surface area contributed by atoms with E-state index in [0.29, 0.717) is 13.2 Å². The van der Waals surface area contributed by atoms with Crippen molar-refractivity contribution in [2.45, 2.75) is 4.83 Å². The van der Waals surface area contributed by atoms with Gasteiger partial charge in [-0.05, 0) is 39.7 Å². The van der Waals surface area contributed by atoms with Crippen LogP contribution in [0, 0.1) is 0 Å². The van der Waals surface area contributed by atoms with Crippen LogP contribution in [0.2, 0.25) is 0 Å². The summed E-state index contributed by atoms with van der Waals surface area (Å²) in [5.74, 6) is 1.54. The van der Waals surface area contributed by atoms with Gasteiger partial charge in [0.25, 0.3) is 0 Å². The molecule has 1 aliphatic rings. The first-order valence-electron chi connectivity index (χ1n) is 5.63. The number of alkyl halides is 1. The summed E-state index contributed by atoms with van der Waals surface area (Å²) in [6, 6.07) is 5.84. The number of hydrogen-bond acceptors (Lipinski definition) is 3. The molecule has 0 saturated heterocycles. The van der Waals surface area contributed by atoms with E-state index in [9.17, 15) is 0 Å². The molecule has 1 aliphatic heterocycles. The second kappa shape index (κ2) is 5.50. The molecule has 100 valence electrons. The van der Waals surface area contributed by atoms with Crippen molar-refractivity contribution < 1.29 is 13.9 Å². The molecule has 2 heterocycles. The second-order valence-electron chi connectivity index (χ2n) is 4.03. The Hall–Kier alpha value is -0.460. The van der Waals surface area contributed by atoms with E-state index in [2.05, 4.69) is 47.8 Å². The average Bonchev–Trinajstić information content (AvgIpc) is 2.83. The van der Waals surface area contributed by atoms with Gasteiger partial charge in [0.05, 0.1) is 11.1 Å². The molecule has 0 saturated carbocycles. The fraction of sp³-hybridized carbons (Fsp3) is 0.231. The summed E-state index contributed by atoms with van der Waals surface area (Å²) >= 11 is 10.7. The quantitative estimate of drug-likeness (QED) is 0.597. The number of ether oxygens (including phenoxy) is 2. The molecule has 0 aliphatic carbocycles. The Balaban J connectivity index is 2.03. The molecule has 1 aromatic carbocycles. The van der Waals surface area contributed by atoms with Gasteiger partial charge in [-0.25, -0.2) is 0 Å². The molecular weight excluding hydrogens is 444 g/mol. The second-order valence-corrected chi connectivity index (χ2v) is 6.52. The Morgan fingerprint density at radius 2 is 1.68 bits per heavy atom. The zero-order chi connectivity index (χ0) is 13.4. The average molecular weight is 453 g/mol. The van der Waals surface area contributed by atoms with E-state index >= 15 is 0 Å². The van der Waals surface area contributed by atoms with Gasteiger partial charge in [-0.3, -0.25) is 0 Å². The molecule has 3 rings (SSSR count). The normalized spacial score (nSPS) is 15.3. The van der Waals surface area contributed by atoms with Crippen LogP contribution < -0.4 is 9.47 Å². The molecule has 0 radical (unpaired) electrons. The van der Waals surface area contributed by atoms with Gasteiger partial charge in [-0.1, -0.05) is 31.9 Å². The Kier molecular flexibility index (Phi) is 3.91. The van der Waals surface area contributed by atoms with Crippen LogP contribution in [0.3, 0.4) is 0 Å². The molecule has 1 atom stereocenters. The predicted octanol–water partition coefficient (Wildman–Crippen LogP) is 5.06. The van der Waals surface area contributed by atoms with E-state index in [4.69, 9.17) is 13.9 Å². The molecule has 1 aromatic heterocycles. The highest BCUT2D eigenvalue weighted by molar-refractivity contribution is 9.11. The molecule has 1 unspecified atom stereocenters. The zero-order valence-electron chi connectivity index (χ0n) is 9.66. The minimum absolute atomic E-state index is 0.00539. The first-order valence-corrected chi connectivity index (χ1v) is 8.13. The summed E-state index contributed by atoms with van der Waals surface area (Å²) in [6.45, 7) is 1.17. The topological polar surface area (TPSA) is 31.6 Å². The van der Waals surface area contributed by atoms with Crippen molar-refractivity contribution in [1.29, 1.82) is 0 Å². The van der Waals surface area contributed by atoms with Crippen molar-refractivity contribution in [2.75, 3.05) is 13.2 Å². The molecule has 0 N–H and O–H groups in total. The Morgan fingerprint density at radius 1 is 1.00 bits per heavy atom. The Bertz CT molecular complexity index is 609. The van der Waals surface area contributed by atoms with E-state index in [0.717, 1.165) is 31.8 Å². The van der Waals surface area contributed by atoms with Gasteiger partial charge in [0.15, 0.2) is 16.2 Å². The van der Waals surface area contributed by atoms with Crippen LogP contribution in [-0.4, -0.2) is 13.2 Å². The lowest BCUT2D eigenvalue weighted by atomic mass is 10.1. The van der Waals surface area contributed by atoms with Crippen LogP contribution in [0.25, 0.3) is 0 Å². The van der Waals surface area contributed by atoms with Gasteiger partial charge < -0.3 is 13.9 Å². The number of halogens is 3. The third-order valence-electron chi connectivity index (χ3n) is 2.85. The highest BCUT2D eigenvalue weighted by Gasteiger charge is 2.22. The molecule has 0 amide bonds. The third kappa shape index (κ3) is 2.58. The lowest BCUT2D eigenvalue weighted by Crippen LogP contribution is -2.15. The zero-order valence-corrected chi connectivity index (χ0v) is 14.4. The first kappa shape index (κ1) is 13.5. The van der Waals surface area contributed by atoms with Crippen LogP contribution in [0.15, 0.2) is 38.0 Å². The van der Waals surface area contributed by atoms with Crippen LogP contribution in [0.5, 0.6) is 11.5 Å². The number of benzene rings is 1. The van der Waals surface area contributed by atoms with Crippen molar-refractivity contribution in [1.82, 2.24) is 0 Å². The third-order valence-corrected chi connectivity index (χ3v) is 5.17. The standard InChI is InChI=1S/C13H9Br3O3/c14-9-6-11-10(17-3-4-18-11)5-8(9)12(15)7-1-2-19-13(7)16/h1-2,5-6,12H,3-4H2. The first-order chi connectivity index (χ1) is 9.16. The Morgan fingerprint density at radius 3 is 2.32 bits per heavy atom. The molecule has 0 fully saturated rings. The largest absolute Gasteiger partial charge is 0.486 e. The van der Waals surface area contributed by atoms with Crippen LogP contribution in [-0.2, 0) is 0 Å². The number of hydrogen-bond donors (Lipinski definition) is 0. The predicted molar refractivity (Wildman–Crippen MR) is 82.3 cm³/mol. The van der Waals surface area contributed by atoms with Crippen LogP contribution >= 0.6 is 47.8 Å². The van der Waals surface area contributed by atoms with Crippen molar-refractivity contribution in [3.63, 3.8) is 0 Å². The van der Waals surface area contributed by atoms with Gasteiger partial charge in [-0.15, -0.1) is 0 Å². The minimum atomic E-state index is 0.00539. The number of furan rings is 1. The maximum atomic E-state index is 5.62. The summed E-state index contributed by atoms with van der Waals surface area (Å²) < 4.78 is 18.1. The van der Waals surface area contributed by atoms with Gasteiger partial charge in [-0.2, -0.15) is 0 Å². The van der Waals surface area contributed by atoms with Gasteiger partial charge in [0, 0.05) is 10.0 Å². The lowest BCUT2D eigenvalue weighted by molar-refractivity contribution is 0.171. The molecule has 3 nitrogen and oxygen atoms in total. The van der Waals surface area contributed by atoms with Gasteiger partial charge in [0.2, 0.25) is 0 Å². The highest BCUT2D eigenvalue weighted by atomic mass is 79.9. The lowest BCUT2D eigenvalue weighted by Gasteiger charge is -2.21. The van der Waals surface area contributed by atoms with E-state index in [1.807, 2.05) is 18.2 Å². The minimum Gasteiger partial charge on any atom is -0.486 e. The summed E-state index contributed by atoms with van der Waals surface area (Å²) in [5.41, 5.74) is 2.09. The number of fused-ring (bicyclic) bond motifs is 1. The number of rotatable bonds is 2. The van der Waals surface area contributed by atoms with Crippen LogP contribution in [0.4, 0.5) is 0 Å². The van der Waals surface area contributed by atoms with Crippen molar-refractivity contribution >= 4 is 47.8 Å². The van der Waals surface area contributed by atoms with Crippen molar-refractivity contribution in [2.24, 2.45) is 0 Å². The van der Waals surface area contributed by atoms with Gasteiger partial charge in [0.1, 0.15) is 13.2 Å². The maximum Gasteiger partial charge on any atom is 0.173 e. The van der Waals surface area contributed by atoms with E-state index < -0.39 is 0 Å². The van der Waals surface area contributed by atoms with E-state index in [1.165, 1.54) is 0 Å². The van der Waals surface area contributed by atoms with E-state index in [-0.39, 0.29) is 4.83 Å². The van der Waals surface area contributed by atoms with Gasteiger partial charge >= 0.3 is 0 Å². The molecular formula is C13H9Br3O3. The molecule has 6 heteroatoms. The van der Waals surface area contributed by atoms with E-state index in [1.54, 1.807) is 6.26 Å². The fourth-order valence-electron chi connectivity index (χ4n) is 1.93. The maximum absolute atomic E-state index is 5.62. The molecule has 0 bridgehead atoms.